The lowest BCUT2D eigenvalue weighted by molar-refractivity contribution is 0.00232. The number of halogens is 2. The SMILES string of the molecule is C=Cc1ccc2c(c1)CCc1c-2ccn1C1=CCC(CC(C)(F)F)C=C1. The van der Waals surface area contributed by atoms with E-state index in [1.54, 1.807) is 0 Å². The molecule has 1 heterocycles. The van der Waals surface area contributed by atoms with E-state index in [1.807, 2.05) is 18.2 Å². The lowest BCUT2D eigenvalue weighted by Crippen LogP contribution is -2.16. The minimum absolute atomic E-state index is 0.0804. The van der Waals surface area contributed by atoms with Crippen molar-refractivity contribution in [2.24, 2.45) is 5.92 Å². The van der Waals surface area contributed by atoms with Crippen LogP contribution in [0.15, 0.2) is 55.3 Å². The molecule has 0 fully saturated rings. The minimum Gasteiger partial charge on any atom is -0.321 e. The van der Waals surface area contributed by atoms with Gasteiger partial charge in [0.25, 0.3) is 0 Å². The number of hydrogen-bond donors (Lipinski definition) is 0. The van der Waals surface area contributed by atoms with Gasteiger partial charge in [-0.05, 0) is 60.9 Å². The van der Waals surface area contributed by atoms with E-state index in [9.17, 15) is 8.78 Å². The number of rotatable bonds is 4. The summed E-state index contributed by atoms with van der Waals surface area (Å²) in [6.07, 6.45) is 12.6. The molecule has 0 saturated carbocycles. The molecule has 0 bridgehead atoms. The van der Waals surface area contributed by atoms with Crippen molar-refractivity contribution < 1.29 is 8.78 Å². The molecule has 1 aromatic carbocycles. The number of hydrogen-bond acceptors (Lipinski definition) is 0. The van der Waals surface area contributed by atoms with Crippen LogP contribution in [0.2, 0.25) is 0 Å². The first-order valence-corrected chi connectivity index (χ1v) is 9.17. The lowest BCUT2D eigenvalue weighted by Gasteiger charge is -2.23. The van der Waals surface area contributed by atoms with Gasteiger partial charge in [0.05, 0.1) is 0 Å². The van der Waals surface area contributed by atoms with Crippen molar-refractivity contribution in [3.05, 3.63) is 72.1 Å². The quantitative estimate of drug-likeness (QED) is 0.604. The number of aromatic nitrogens is 1. The van der Waals surface area contributed by atoms with E-state index in [0.717, 1.165) is 31.0 Å². The average molecular weight is 351 g/mol. The van der Waals surface area contributed by atoms with E-state index in [-0.39, 0.29) is 12.3 Å². The van der Waals surface area contributed by atoms with Crippen molar-refractivity contribution in [1.82, 2.24) is 4.57 Å². The molecule has 0 spiro atoms. The molecule has 0 amide bonds. The molecule has 1 aromatic heterocycles. The van der Waals surface area contributed by atoms with Gasteiger partial charge in [0.2, 0.25) is 5.92 Å². The van der Waals surface area contributed by atoms with E-state index >= 15 is 0 Å². The molecule has 134 valence electrons. The molecule has 0 aliphatic heterocycles. The van der Waals surface area contributed by atoms with Gasteiger partial charge in [-0.15, -0.1) is 0 Å². The Morgan fingerprint density at radius 3 is 2.77 bits per heavy atom. The third-order valence-electron chi connectivity index (χ3n) is 5.35. The van der Waals surface area contributed by atoms with Crippen molar-refractivity contribution in [3.63, 3.8) is 0 Å². The van der Waals surface area contributed by atoms with Gasteiger partial charge in [0.1, 0.15) is 0 Å². The van der Waals surface area contributed by atoms with Crippen LogP contribution < -0.4 is 0 Å². The third kappa shape index (κ3) is 3.18. The Bertz CT molecular complexity index is 909. The maximum Gasteiger partial charge on any atom is 0.246 e. The second kappa shape index (κ2) is 6.39. The minimum atomic E-state index is -2.61. The maximum atomic E-state index is 13.2. The van der Waals surface area contributed by atoms with E-state index < -0.39 is 5.92 Å². The topological polar surface area (TPSA) is 4.93 Å². The van der Waals surface area contributed by atoms with Crippen LogP contribution >= 0.6 is 0 Å². The third-order valence-corrected chi connectivity index (χ3v) is 5.35. The summed E-state index contributed by atoms with van der Waals surface area (Å²) < 4.78 is 28.7. The fraction of sp³-hybridized carbons (Fsp3) is 0.304. The van der Waals surface area contributed by atoms with Crippen LogP contribution in [0.25, 0.3) is 22.9 Å². The van der Waals surface area contributed by atoms with Gasteiger partial charge in [0.15, 0.2) is 0 Å². The Morgan fingerprint density at radius 1 is 1.23 bits per heavy atom. The van der Waals surface area contributed by atoms with Crippen LogP contribution in [0.4, 0.5) is 8.78 Å². The second-order valence-corrected chi connectivity index (χ2v) is 7.43. The largest absolute Gasteiger partial charge is 0.321 e. The molecule has 0 radical (unpaired) electrons. The average Bonchev–Trinajstić information content (AvgIpc) is 3.05. The van der Waals surface area contributed by atoms with E-state index in [4.69, 9.17) is 0 Å². The molecule has 0 saturated heterocycles. The first-order valence-electron chi connectivity index (χ1n) is 9.17. The Hall–Kier alpha value is -2.42. The van der Waals surface area contributed by atoms with Gasteiger partial charge in [0, 0.05) is 29.6 Å². The summed E-state index contributed by atoms with van der Waals surface area (Å²) in [5, 5.41) is 0. The van der Waals surface area contributed by atoms with Crippen LogP contribution in [-0.2, 0) is 12.8 Å². The summed E-state index contributed by atoms with van der Waals surface area (Å²) in [4.78, 5) is 0. The first-order chi connectivity index (χ1) is 12.4. The zero-order valence-electron chi connectivity index (χ0n) is 15.0. The highest BCUT2D eigenvalue weighted by Gasteiger charge is 2.26. The number of fused-ring (bicyclic) bond motifs is 3. The van der Waals surface area contributed by atoms with Crippen LogP contribution in [0, 0.1) is 5.92 Å². The Kier molecular flexibility index (Phi) is 4.18. The van der Waals surface area contributed by atoms with Crippen molar-refractivity contribution in [2.75, 3.05) is 0 Å². The van der Waals surface area contributed by atoms with Crippen molar-refractivity contribution >= 4 is 11.8 Å². The van der Waals surface area contributed by atoms with Crippen LogP contribution in [-0.4, -0.2) is 10.5 Å². The number of allylic oxidation sites excluding steroid dienone is 4. The molecule has 1 nitrogen and oxygen atoms in total. The van der Waals surface area contributed by atoms with E-state index in [2.05, 4.69) is 47.7 Å². The molecule has 26 heavy (non-hydrogen) atoms. The van der Waals surface area contributed by atoms with Gasteiger partial charge < -0.3 is 4.57 Å². The summed E-state index contributed by atoms with van der Waals surface area (Å²) in [5.74, 6) is -2.69. The highest BCUT2D eigenvalue weighted by Crippen LogP contribution is 2.37. The highest BCUT2D eigenvalue weighted by atomic mass is 19.3. The predicted octanol–water partition coefficient (Wildman–Crippen LogP) is 6.36. The number of aryl methyl sites for hydroxylation is 1. The molecular weight excluding hydrogens is 328 g/mol. The smallest absolute Gasteiger partial charge is 0.246 e. The van der Waals surface area contributed by atoms with Gasteiger partial charge in [-0.2, -0.15) is 0 Å². The Balaban J connectivity index is 1.61. The molecule has 2 aliphatic carbocycles. The van der Waals surface area contributed by atoms with Crippen LogP contribution in [0.5, 0.6) is 0 Å². The van der Waals surface area contributed by atoms with Crippen molar-refractivity contribution in [1.29, 1.82) is 0 Å². The highest BCUT2D eigenvalue weighted by molar-refractivity contribution is 5.76. The molecule has 2 aliphatic rings. The second-order valence-electron chi connectivity index (χ2n) is 7.43. The van der Waals surface area contributed by atoms with Gasteiger partial charge in [-0.3, -0.25) is 0 Å². The summed E-state index contributed by atoms with van der Waals surface area (Å²) in [6, 6.07) is 8.67. The van der Waals surface area contributed by atoms with E-state index in [0.29, 0.717) is 6.42 Å². The predicted molar refractivity (Wildman–Crippen MR) is 104 cm³/mol. The molecule has 3 heteroatoms. The Morgan fingerprint density at radius 2 is 2.08 bits per heavy atom. The molecule has 0 N–H and O–H groups in total. The van der Waals surface area contributed by atoms with Crippen LogP contribution in [0.3, 0.4) is 0 Å². The normalized spacial score (nSPS) is 18.9. The van der Waals surface area contributed by atoms with Gasteiger partial charge in [-0.1, -0.05) is 43.0 Å². The zero-order chi connectivity index (χ0) is 18.3. The number of alkyl halides is 2. The van der Waals surface area contributed by atoms with Gasteiger partial charge in [-0.25, -0.2) is 8.78 Å². The number of benzene rings is 1. The molecule has 4 rings (SSSR count). The standard InChI is InChI=1S/C23H23F2N/c1-3-16-6-10-20-18(14-16)7-11-22-21(20)12-13-26(22)19-8-4-17(5-9-19)15-23(2,24)25/h3-4,6,8-10,12-14,17H,1,5,7,11,15H2,2H3. The summed E-state index contributed by atoms with van der Waals surface area (Å²) >= 11 is 0. The number of nitrogens with zero attached hydrogens (tertiary/aromatic N) is 1. The molecule has 1 atom stereocenters. The van der Waals surface area contributed by atoms with Crippen molar-refractivity contribution in [3.8, 4) is 11.1 Å². The lowest BCUT2D eigenvalue weighted by atomic mass is 9.88. The summed E-state index contributed by atoms with van der Waals surface area (Å²) in [6.45, 7) is 4.85. The van der Waals surface area contributed by atoms with E-state index in [1.165, 1.54) is 22.4 Å². The fourth-order valence-electron chi connectivity index (χ4n) is 4.11. The Labute approximate surface area is 153 Å². The molecular formula is C23H23F2N. The maximum absolute atomic E-state index is 13.2. The zero-order valence-corrected chi connectivity index (χ0v) is 15.0. The molecule has 2 aromatic rings. The summed E-state index contributed by atoms with van der Waals surface area (Å²) in [5.41, 5.74) is 7.49. The van der Waals surface area contributed by atoms with Crippen molar-refractivity contribution in [2.45, 2.75) is 38.5 Å². The van der Waals surface area contributed by atoms with Gasteiger partial charge >= 0.3 is 0 Å². The van der Waals surface area contributed by atoms with Crippen LogP contribution in [0.1, 0.15) is 36.6 Å². The molecule has 1 unspecified atom stereocenters. The first kappa shape index (κ1) is 17.0. The fourth-order valence-corrected chi connectivity index (χ4v) is 4.11. The monoisotopic (exact) mass is 351 g/mol. The summed E-state index contributed by atoms with van der Waals surface area (Å²) in [7, 11) is 0.